The minimum atomic E-state index is -0.345. The number of amides is 1. The zero-order valence-corrected chi connectivity index (χ0v) is 15.4. The van der Waals surface area contributed by atoms with Crippen LogP contribution < -0.4 is 0 Å². The van der Waals surface area contributed by atoms with Crippen LogP contribution in [0.2, 0.25) is 0 Å². The third kappa shape index (κ3) is 2.53. The molecule has 0 fully saturated rings. The highest BCUT2D eigenvalue weighted by Crippen LogP contribution is 2.41. The van der Waals surface area contributed by atoms with Crippen molar-refractivity contribution in [2.75, 3.05) is 0 Å². The predicted molar refractivity (Wildman–Crippen MR) is 98.1 cm³/mol. The van der Waals surface area contributed by atoms with Gasteiger partial charge in [0.2, 0.25) is 0 Å². The monoisotopic (exact) mass is 375 g/mol. The highest BCUT2D eigenvalue weighted by Gasteiger charge is 2.38. The van der Waals surface area contributed by atoms with Gasteiger partial charge in [-0.25, -0.2) is 4.98 Å². The molecule has 0 aliphatic carbocycles. The van der Waals surface area contributed by atoms with Gasteiger partial charge in [0.25, 0.3) is 5.91 Å². The van der Waals surface area contributed by atoms with Crippen LogP contribution in [0.1, 0.15) is 39.0 Å². The number of hydrogen-bond donors (Lipinski definition) is 0. The Labute approximate surface area is 160 Å². The van der Waals surface area contributed by atoms with Crippen LogP contribution in [0.4, 0.5) is 0 Å². The van der Waals surface area contributed by atoms with Gasteiger partial charge in [-0.1, -0.05) is 17.3 Å². The van der Waals surface area contributed by atoms with E-state index in [1.807, 2.05) is 31.6 Å². The number of aryl methyl sites for hydroxylation is 2. The summed E-state index contributed by atoms with van der Waals surface area (Å²) in [5.74, 6) is 0.467. The molecular formula is C20H17N5O3. The molecule has 1 aliphatic heterocycles. The third-order valence-electron chi connectivity index (χ3n) is 5.09. The molecule has 140 valence electrons. The molecule has 4 aromatic rings. The quantitative estimate of drug-likeness (QED) is 0.546. The Bertz CT molecular complexity index is 1160. The van der Waals surface area contributed by atoms with Crippen LogP contribution in [0.3, 0.4) is 0 Å². The van der Waals surface area contributed by atoms with E-state index in [2.05, 4.69) is 21.3 Å². The van der Waals surface area contributed by atoms with Crippen LogP contribution >= 0.6 is 0 Å². The summed E-state index contributed by atoms with van der Waals surface area (Å²) < 4.78 is 12.3. The van der Waals surface area contributed by atoms with Gasteiger partial charge in [-0.05, 0) is 29.7 Å². The summed E-state index contributed by atoms with van der Waals surface area (Å²) in [6, 6.07) is 5.84. The number of hydrogen-bond acceptors (Lipinski definition) is 6. The first-order valence-corrected chi connectivity index (χ1v) is 8.84. The minimum absolute atomic E-state index is 0.153. The molecule has 3 aromatic heterocycles. The molecule has 5 rings (SSSR count). The van der Waals surface area contributed by atoms with Gasteiger partial charge in [0.1, 0.15) is 17.9 Å². The second-order valence-corrected chi connectivity index (χ2v) is 6.87. The molecule has 1 aromatic carbocycles. The highest BCUT2D eigenvalue weighted by molar-refractivity contribution is 5.95. The molecule has 0 saturated carbocycles. The van der Waals surface area contributed by atoms with Crippen molar-refractivity contribution in [1.82, 2.24) is 24.8 Å². The summed E-state index contributed by atoms with van der Waals surface area (Å²) in [7, 11) is 1.89. The van der Waals surface area contributed by atoms with Crippen LogP contribution in [0.15, 0.2) is 58.4 Å². The molecule has 0 radical (unpaired) electrons. The Balaban J connectivity index is 1.58. The smallest absolute Gasteiger partial charge is 0.260 e. The fraction of sp³-hybridized carbons (Fsp3) is 0.200. The largest absolute Gasteiger partial charge is 0.446 e. The molecule has 0 N–H and O–H groups in total. The number of nitrogens with zero attached hydrogens (tertiary/aromatic N) is 5. The number of benzene rings is 1. The molecular weight excluding hydrogens is 358 g/mol. The van der Waals surface area contributed by atoms with E-state index in [1.165, 1.54) is 12.7 Å². The lowest BCUT2D eigenvalue weighted by Crippen LogP contribution is -2.30. The van der Waals surface area contributed by atoms with Crippen molar-refractivity contribution in [1.29, 1.82) is 0 Å². The van der Waals surface area contributed by atoms with Crippen molar-refractivity contribution >= 4 is 5.91 Å². The summed E-state index contributed by atoms with van der Waals surface area (Å²) >= 11 is 0. The maximum atomic E-state index is 13.2. The fourth-order valence-corrected chi connectivity index (χ4v) is 3.71. The third-order valence-corrected chi connectivity index (χ3v) is 5.09. The lowest BCUT2D eigenvalue weighted by molar-refractivity contribution is 0.0702. The SMILES string of the molecule is Cc1nocc1C(=O)N1Cc2cc(-c3cnn(C)c3)ccc2C1c1cnco1. The predicted octanol–water partition coefficient (Wildman–Crippen LogP) is 3.12. The van der Waals surface area contributed by atoms with Crippen LogP contribution in [0, 0.1) is 6.92 Å². The molecule has 8 nitrogen and oxygen atoms in total. The Morgan fingerprint density at radius 3 is 2.82 bits per heavy atom. The van der Waals surface area contributed by atoms with E-state index in [4.69, 9.17) is 8.94 Å². The molecule has 0 spiro atoms. The molecule has 8 heteroatoms. The Morgan fingerprint density at radius 1 is 1.25 bits per heavy atom. The maximum Gasteiger partial charge on any atom is 0.260 e. The number of rotatable bonds is 3. The van der Waals surface area contributed by atoms with E-state index in [1.54, 1.807) is 22.7 Å². The normalized spacial score (nSPS) is 15.8. The highest BCUT2D eigenvalue weighted by atomic mass is 16.5. The molecule has 1 aliphatic rings. The van der Waals surface area contributed by atoms with Crippen molar-refractivity contribution in [3.63, 3.8) is 0 Å². The van der Waals surface area contributed by atoms with Crippen molar-refractivity contribution < 1.29 is 13.7 Å². The lowest BCUT2D eigenvalue weighted by atomic mass is 9.98. The maximum absolute atomic E-state index is 13.2. The van der Waals surface area contributed by atoms with Gasteiger partial charge in [0, 0.05) is 25.4 Å². The summed E-state index contributed by atoms with van der Waals surface area (Å²) in [6.07, 6.45) is 8.21. The molecule has 4 heterocycles. The summed E-state index contributed by atoms with van der Waals surface area (Å²) in [6.45, 7) is 2.21. The molecule has 1 atom stereocenters. The Kier molecular flexibility index (Phi) is 3.65. The number of aromatic nitrogens is 4. The van der Waals surface area contributed by atoms with Crippen molar-refractivity contribution in [2.45, 2.75) is 19.5 Å². The summed E-state index contributed by atoms with van der Waals surface area (Å²) in [4.78, 5) is 19.0. The zero-order chi connectivity index (χ0) is 19.3. The Hall–Kier alpha value is -3.68. The lowest BCUT2D eigenvalue weighted by Gasteiger charge is -2.23. The van der Waals surface area contributed by atoms with E-state index in [0.29, 0.717) is 23.6 Å². The molecule has 0 bridgehead atoms. The van der Waals surface area contributed by atoms with Gasteiger partial charge in [-0.2, -0.15) is 5.10 Å². The van der Waals surface area contributed by atoms with E-state index in [9.17, 15) is 4.79 Å². The van der Waals surface area contributed by atoms with Gasteiger partial charge >= 0.3 is 0 Å². The molecule has 1 unspecified atom stereocenters. The Morgan fingerprint density at radius 2 is 2.14 bits per heavy atom. The zero-order valence-electron chi connectivity index (χ0n) is 15.4. The average Bonchev–Trinajstić information content (AvgIpc) is 3.46. The van der Waals surface area contributed by atoms with Gasteiger partial charge in [-0.15, -0.1) is 0 Å². The first kappa shape index (κ1) is 16.5. The van der Waals surface area contributed by atoms with Gasteiger partial charge < -0.3 is 13.8 Å². The number of oxazole rings is 1. The fourth-order valence-electron chi connectivity index (χ4n) is 3.71. The molecule has 28 heavy (non-hydrogen) atoms. The van der Waals surface area contributed by atoms with Gasteiger partial charge in [0.05, 0.1) is 18.1 Å². The first-order chi connectivity index (χ1) is 13.6. The van der Waals surface area contributed by atoms with Crippen LogP contribution in [0.5, 0.6) is 0 Å². The number of fused-ring (bicyclic) bond motifs is 1. The standard InChI is InChI=1S/C20H17N5O3/c1-12-17(10-28-23-12)20(26)25-9-14-5-13(15-6-22-24(2)8-15)3-4-16(14)19(25)18-7-21-11-27-18/h3-8,10-11,19H,9H2,1-2H3. The van der Waals surface area contributed by atoms with Crippen molar-refractivity contribution in [3.05, 3.63) is 77.6 Å². The summed E-state index contributed by atoms with van der Waals surface area (Å²) in [5, 5.41) is 8.07. The average molecular weight is 375 g/mol. The topological polar surface area (TPSA) is 90.2 Å². The van der Waals surface area contributed by atoms with E-state index < -0.39 is 0 Å². The second kappa shape index (κ2) is 6.19. The second-order valence-electron chi connectivity index (χ2n) is 6.87. The first-order valence-electron chi connectivity index (χ1n) is 8.84. The number of carbonyl (C=O) groups excluding carboxylic acids is 1. The van der Waals surface area contributed by atoms with E-state index >= 15 is 0 Å². The number of carbonyl (C=O) groups is 1. The van der Waals surface area contributed by atoms with Gasteiger partial charge in [0.15, 0.2) is 12.2 Å². The van der Waals surface area contributed by atoms with Crippen LogP contribution in [-0.2, 0) is 13.6 Å². The van der Waals surface area contributed by atoms with E-state index in [0.717, 1.165) is 22.3 Å². The van der Waals surface area contributed by atoms with Gasteiger partial charge in [-0.3, -0.25) is 9.48 Å². The molecule has 0 saturated heterocycles. The molecule has 1 amide bonds. The van der Waals surface area contributed by atoms with E-state index in [-0.39, 0.29) is 11.9 Å². The van der Waals surface area contributed by atoms with Crippen LogP contribution in [0.25, 0.3) is 11.1 Å². The summed E-state index contributed by atoms with van der Waals surface area (Å²) in [5.41, 5.74) is 5.18. The van der Waals surface area contributed by atoms with Crippen molar-refractivity contribution in [2.24, 2.45) is 7.05 Å². The minimum Gasteiger partial charge on any atom is -0.446 e. The van der Waals surface area contributed by atoms with Crippen LogP contribution in [-0.4, -0.2) is 30.7 Å². The van der Waals surface area contributed by atoms with Crippen molar-refractivity contribution in [3.8, 4) is 11.1 Å².